The molecule has 0 rings (SSSR count). The van der Waals surface area contributed by atoms with E-state index in [0.717, 1.165) is 109 Å². The first-order valence-electron chi connectivity index (χ1n) is 23.9. The number of carbonyl (C=O) groups is 6. The standard InChI is InChI=1S/C25H45NO11S3.C11H25NO2S4.C9H16O5S/c1-22(27)32-8-4-10-34-24(29)36-12-6-16-38-18-14-31-15-19-40-21-26(3)20-39-17-7-13-37-25(30)35-11-5-9-33-23(2)28;1-12(10-17-8-4-13-2-6-15)11-18-9-5-14-3-7-16;1-8(10)12-4-2-5-13-9(11)14-6-3-7-15/h4-21H2,1-3H3;15-16H,2-11H2,1H3;15H,2-7H2,1H3. The Kier molecular flexibility index (Phi) is 66.0. The molecule has 0 aromatic heterocycles. The van der Waals surface area contributed by atoms with Crippen molar-refractivity contribution in [2.24, 2.45) is 0 Å². The van der Waals surface area contributed by atoms with Crippen LogP contribution >= 0.6 is 96.7 Å². The van der Waals surface area contributed by atoms with Gasteiger partial charge in [-0.25, -0.2) is 14.4 Å². The summed E-state index contributed by atoms with van der Waals surface area (Å²) < 4.78 is 59.6. The van der Waals surface area contributed by atoms with E-state index in [1.807, 2.05) is 35.3 Å². The molecule has 0 heterocycles. The molecule has 0 aliphatic rings. The van der Waals surface area contributed by atoms with E-state index in [0.29, 0.717) is 64.5 Å². The molecule has 0 amide bonds. The van der Waals surface area contributed by atoms with Crippen LogP contribution in [0.1, 0.15) is 59.3 Å². The third-order valence-corrected chi connectivity index (χ3v) is 13.6. The largest absolute Gasteiger partial charge is 0.508 e. The molecule has 28 heteroatoms. The van der Waals surface area contributed by atoms with Crippen LogP contribution in [0.25, 0.3) is 0 Å². The van der Waals surface area contributed by atoms with Crippen LogP contribution < -0.4 is 0 Å². The lowest BCUT2D eigenvalue weighted by molar-refractivity contribution is -0.142. The van der Waals surface area contributed by atoms with Gasteiger partial charge in [0.05, 0.1) is 99.1 Å². The van der Waals surface area contributed by atoms with Crippen LogP contribution in [0.5, 0.6) is 0 Å². The van der Waals surface area contributed by atoms with Gasteiger partial charge in [0.25, 0.3) is 0 Å². The fourth-order valence-corrected chi connectivity index (χ4v) is 8.77. The van der Waals surface area contributed by atoms with Gasteiger partial charge in [0.15, 0.2) is 0 Å². The Morgan fingerprint density at radius 1 is 0.315 bits per heavy atom. The number of nitrogens with zero attached hydrogens (tertiary/aromatic N) is 2. The highest BCUT2D eigenvalue weighted by molar-refractivity contribution is 8.00. The van der Waals surface area contributed by atoms with E-state index in [1.54, 1.807) is 23.5 Å². The van der Waals surface area contributed by atoms with Gasteiger partial charge in [0.2, 0.25) is 0 Å². The predicted molar refractivity (Wildman–Crippen MR) is 306 cm³/mol. The van der Waals surface area contributed by atoms with Gasteiger partial charge in [-0.2, -0.15) is 49.6 Å². The van der Waals surface area contributed by atoms with E-state index in [1.165, 1.54) is 20.8 Å². The van der Waals surface area contributed by atoms with Gasteiger partial charge in [-0.05, 0) is 50.6 Å². The second-order valence-electron chi connectivity index (χ2n) is 14.5. The third-order valence-electron chi connectivity index (χ3n) is 7.48. The van der Waals surface area contributed by atoms with E-state index in [4.69, 9.17) is 52.1 Å². The second-order valence-corrected chi connectivity index (χ2v) is 21.3. The van der Waals surface area contributed by atoms with Crippen LogP contribution in [-0.2, 0) is 71.2 Å². The van der Waals surface area contributed by atoms with Crippen molar-refractivity contribution in [1.29, 1.82) is 0 Å². The van der Waals surface area contributed by atoms with Gasteiger partial charge in [-0.15, -0.1) is 47.0 Å². The van der Waals surface area contributed by atoms with Gasteiger partial charge in [-0.1, -0.05) is 0 Å². The number of hydrogen-bond donors (Lipinski definition) is 3. The van der Waals surface area contributed by atoms with Crippen molar-refractivity contribution in [3.8, 4) is 0 Å². The SMILES string of the molecule is CC(=O)OCCCOC(=O)OCCCS.CC(=O)OCCCOC(=O)OCCCSCCOCCSCN(C)CSCCCOC(=O)OCCCOC(C)=O.CN(CSCCOCCS)CSCCOCCS. The zero-order chi connectivity index (χ0) is 54.7. The highest BCUT2D eigenvalue weighted by atomic mass is 32.2. The second kappa shape index (κ2) is 63.4. The number of esters is 3. The van der Waals surface area contributed by atoms with Gasteiger partial charge in [0, 0.05) is 98.1 Å². The van der Waals surface area contributed by atoms with Crippen molar-refractivity contribution in [3.63, 3.8) is 0 Å². The maximum atomic E-state index is 11.4. The molecule has 0 aromatic rings. The lowest BCUT2D eigenvalue weighted by Gasteiger charge is -2.15. The highest BCUT2D eigenvalue weighted by Gasteiger charge is 2.07. The molecular formula is C45H86N2O18S8. The van der Waals surface area contributed by atoms with Crippen LogP contribution in [0.2, 0.25) is 0 Å². The third kappa shape index (κ3) is 72.9. The summed E-state index contributed by atoms with van der Waals surface area (Å²) >= 11 is 21.3. The van der Waals surface area contributed by atoms with Crippen LogP contribution in [0.3, 0.4) is 0 Å². The molecular weight excluding hydrogens is 1110 g/mol. The van der Waals surface area contributed by atoms with Crippen molar-refractivity contribution in [2.45, 2.75) is 59.3 Å². The molecule has 0 saturated carbocycles. The number of ether oxygens (including phenoxy) is 12. The topological polar surface area (TPSA) is 220 Å². The summed E-state index contributed by atoms with van der Waals surface area (Å²) in [5.41, 5.74) is 0. The first-order chi connectivity index (χ1) is 35.3. The Morgan fingerprint density at radius 2 is 0.575 bits per heavy atom. The van der Waals surface area contributed by atoms with Crippen molar-refractivity contribution in [3.05, 3.63) is 0 Å². The summed E-state index contributed by atoms with van der Waals surface area (Å²) in [5, 5.41) is 0. The molecule has 0 aromatic carbocycles. The maximum absolute atomic E-state index is 11.4. The zero-order valence-electron chi connectivity index (χ0n) is 43.7. The van der Waals surface area contributed by atoms with Crippen LogP contribution in [0, 0.1) is 0 Å². The summed E-state index contributed by atoms with van der Waals surface area (Å²) in [4.78, 5) is 69.8. The quantitative estimate of drug-likeness (QED) is 0.0175. The molecule has 0 fully saturated rings. The van der Waals surface area contributed by atoms with E-state index in [9.17, 15) is 28.8 Å². The van der Waals surface area contributed by atoms with Crippen LogP contribution in [0.15, 0.2) is 0 Å². The van der Waals surface area contributed by atoms with E-state index >= 15 is 0 Å². The zero-order valence-corrected chi connectivity index (χ0v) is 50.4. The summed E-state index contributed by atoms with van der Waals surface area (Å²) in [6.45, 7) is 10.7. The van der Waals surface area contributed by atoms with Gasteiger partial charge in [-0.3, -0.25) is 24.2 Å². The summed E-state index contributed by atoms with van der Waals surface area (Å²) in [5.74, 6) is 10.8. The smallest absolute Gasteiger partial charge is 0.466 e. The Labute approximate surface area is 473 Å². The van der Waals surface area contributed by atoms with E-state index in [2.05, 4.69) is 66.5 Å². The number of thiol groups is 3. The minimum Gasteiger partial charge on any atom is -0.466 e. The summed E-state index contributed by atoms with van der Waals surface area (Å²) in [6.07, 6.45) is 1.47. The van der Waals surface area contributed by atoms with Crippen molar-refractivity contribution < 1.29 is 85.6 Å². The first-order valence-corrected chi connectivity index (χ1v) is 31.6. The average molecular weight is 1200 g/mol. The Morgan fingerprint density at radius 3 is 0.890 bits per heavy atom. The predicted octanol–water partition coefficient (Wildman–Crippen LogP) is 7.65. The van der Waals surface area contributed by atoms with Crippen molar-refractivity contribution in [1.82, 2.24) is 9.80 Å². The van der Waals surface area contributed by atoms with Crippen LogP contribution in [-0.4, -0.2) is 235 Å². The molecule has 0 bridgehead atoms. The minimum atomic E-state index is -0.700. The average Bonchev–Trinajstić information content (AvgIpc) is 3.35. The molecule has 73 heavy (non-hydrogen) atoms. The molecule has 0 atom stereocenters. The van der Waals surface area contributed by atoms with E-state index in [-0.39, 0.29) is 57.5 Å². The molecule has 0 spiro atoms. The Balaban J connectivity index is -0.00000121. The van der Waals surface area contributed by atoms with Gasteiger partial charge < -0.3 is 56.8 Å². The van der Waals surface area contributed by atoms with Crippen LogP contribution in [0.4, 0.5) is 14.4 Å². The van der Waals surface area contributed by atoms with Gasteiger partial charge in [0.1, 0.15) is 0 Å². The minimum absolute atomic E-state index is 0.159. The molecule has 0 N–H and O–H groups in total. The fraction of sp³-hybridized carbons (Fsp3) is 0.867. The Bertz CT molecular complexity index is 1280. The van der Waals surface area contributed by atoms with Crippen molar-refractivity contribution >= 4 is 133 Å². The summed E-state index contributed by atoms with van der Waals surface area (Å²) in [7, 11) is 4.21. The van der Waals surface area contributed by atoms with E-state index < -0.39 is 18.5 Å². The van der Waals surface area contributed by atoms with Crippen molar-refractivity contribution in [2.75, 3.05) is 188 Å². The molecule has 0 aliphatic carbocycles. The highest BCUT2D eigenvalue weighted by Crippen LogP contribution is 2.11. The number of rotatable bonds is 47. The molecule has 432 valence electrons. The Hall–Kier alpha value is -1.18. The monoisotopic (exact) mass is 1200 g/mol. The lowest BCUT2D eigenvalue weighted by atomic mass is 10.5. The normalized spacial score (nSPS) is 10.6. The first kappa shape index (κ1) is 76.1. The van der Waals surface area contributed by atoms with Gasteiger partial charge >= 0.3 is 36.4 Å². The summed E-state index contributed by atoms with van der Waals surface area (Å²) in [6, 6.07) is 0. The lowest BCUT2D eigenvalue weighted by Crippen LogP contribution is -2.18. The fourth-order valence-electron chi connectivity index (χ4n) is 4.23. The molecule has 0 radical (unpaired) electrons. The molecule has 0 unspecified atom stereocenters. The number of hydrogen-bond acceptors (Lipinski definition) is 28. The molecule has 20 nitrogen and oxygen atoms in total. The number of thioether (sulfide) groups is 5. The number of carbonyl (C=O) groups excluding carboxylic acids is 6. The maximum Gasteiger partial charge on any atom is 0.508 e. The molecule has 0 saturated heterocycles. The molecule has 0 aliphatic heterocycles.